The predicted molar refractivity (Wildman–Crippen MR) is 115 cm³/mol. The van der Waals surface area contributed by atoms with Crippen LogP contribution in [0.1, 0.15) is 5.56 Å². The average molecular weight is 420 g/mol. The molecule has 1 aliphatic rings. The van der Waals surface area contributed by atoms with Crippen LogP contribution >= 0.6 is 11.8 Å². The van der Waals surface area contributed by atoms with Gasteiger partial charge >= 0.3 is 0 Å². The summed E-state index contributed by atoms with van der Waals surface area (Å²) < 4.78 is 5.82. The van der Waals surface area contributed by atoms with Crippen LogP contribution in [0, 0.1) is 10.1 Å². The van der Waals surface area contributed by atoms with E-state index in [1.807, 2.05) is 42.5 Å². The van der Waals surface area contributed by atoms with Crippen molar-refractivity contribution in [2.45, 2.75) is 0 Å². The molecule has 0 radical (unpaired) electrons. The van der Waals surface area contributed by atoms with Crippen LogP contribution in [0.2, 0.25) is 0 Å². The van der Waals surface area contributed by atoms with Crippen LogP contribution in [0.4, 0.5) is 10.5 Å². The Kier molecular flexibility index (Phi) is 5.49. The van der Waals surface area contributed by atoms with Crippen molar-refractivity contribution in [1.82, 2.24) is 4.90 Å². The molecule has 0 atom stereocenters. The van der Waals surface area contributed by atoms with E-state index in [1.54, 1.807) is 6.07 Å². The van der Waals surface area contributed by atoms with Crippen molar-refractivity contribution in [2.75, 3.05) is 13.2 Å². The molecule has 150 valence electrons. The van der Waals surface area contributed by atoms with Crippen LogP contribution in [0.3, 0.4) is 0 Å². The summed E-state index contributed by atoms with van der Waals surface area (Å²) in [4.78, 5) is 36.7. The molecule has 0 spiro atoms. The highest BCUT2D eigenvalue weighted by atomic mass is 32.2. The fourth-order valence-electron chi connectivity index (χ4n) is 3.14. The van der Waals surface area contributed by atoms with Crippen molar-refractivity contribution < 1.29 is 19.2 Å². The Morgan fingerprint density at radius 2 is 1.80 bits per heavy atom. The first-order chi connectivity index (χ1) is 14.5. The van der Waals surface area contributed by atoms with Crippen LogP contribution in [-0.2, 0) is 4.79 Å². The smallest absolute Gasteiger partial charge is 0.293 e. The Morgan fingerprint density at radius 3 is 2.63 bits per heavy atom. The maximum absolute atomic E-state index is 12.6. The number of hydrogen-bond donors (Lipinski definition) is 0. The topological polar surface area (TPSA) is 89.8 Å². The van der Waals surface area contributed by atoms with E-state index in [-0.39, 0.29) is 23.7 Å². The number of rotatable bonds is 6. The zero-order chi connectivity index (χ0) is 21.1. The molecule has 0 saturated carbocycles. The number of carbonyl (C=O) groups is 2. The number of benzene rings is 3. The Balaban J connectivity index is 1.44. The first-order valence-corrected chi connectivity index (χ1v) is 9.95. The van der Waals surface area contributed by atoms with Gasteiger partial charge in [0.05, 0.1) is 16.4 Å². The third-order valence-electron chi connectivity index (χ3n) is 4.57. The highest BCUT2D eigenvalue weighted by Crippen LogP contribution is 2.32. The van der Waals surface area contributed by atoms with Crippen molar-refractivity contribution in [3.05, 3.63) is 87.3 Å². The van der Waals surface area contributed by atoms with E-state index in [0.717, 1.165) is 27.4 Å². The van der Waals surface area contributed by atoms with Crippen LogP contribution in [0.5, 0.6) is 5.75 Å². The number of non-ortho nitro benzene ring substituents is 1. The van der Waals surface area contributed by atoms with E-state index in [9.17, 15) is 19.7 Å². The molecule has 0 bridgehead atoms. The third kappa shape index (κ3) is 4.04. The second-order valence-corrected chi connectivity index (χ2v) is 7.50. The van der Waals surface area contributed by atoms with Gasteiger partial charge in [-0.3, -0.25) is 24.6 Å². The van der Waals surface area contributed by atoms with Crippen molar-refractivity contribution in [3.8, 4) is 5.75 Å². The third-order valence-corrected chi connectivity index (χ3v) is 5.48. The summed E-state index contributed by atoms with van der Waals surface area (Å²) in [5.41, 5.74) is 0.410. The lowest BCUT2D eigenvalue weighted by molar-refractivity contribution is -0.384. The largest absolute Gasteiger partial charge is 0.491 e. The van der Waals surface area contributed by atoms with Gasteiger partial charge in [0, 0.05) is 17.5 Å². The van der Waals surface area contributed by atoms with Gasteiger partial charge in [-0.05, 0) is 34.9 Å². The zero-order valence-corrected chi connectivity index (χ0v) is 16.5. The van der Waals surface area contributed by atoms with E-state index in [1.165, 1.54) is 24.3 Å². The number of thioether (sulfide) groups is 1. The molecule has 1 heterocycles. The minimum Gasteiger partial charge on any atom is -0.491 e. The van der Waals surface area contributed by atoms with Gasteiger partial charge in [-0.15, -0.1) is 0 Å². The summed E-state index contributed by atoms with van der Waals surface area (Å²) in [7, 11) is 0. The number of ether oxygens (including phenoxy) is 1. The van der Waals surface area contributed by atoms with Gasteiger partial charge in [-0.1, -0.05) is 48.5 Å². The minimum atomic E-state index is -0.506. The molecule has 30 heavy (non-hydrogen) atoms. The van der Waals surface area contributed by atoms with Gasteiger partial charge in [-0.25, -0.2) is 0 Å². The van der Waals surface area contributed by atoms with E-state index < -0.39 is 16.1 Å². The summed E-state index contributed by atoms with van der Waals surface area (Å²) in [6, 6.07) is 19.4. The number of fused-ring (bicyclic) bond motifs is 1. The van der Waals surface area contributed by atoms with E-state index >= 15 is 0 Å². The first-order valence-electron chi connectivity index (χ1n) is 9.13. The second-order valence-electron chi connectivity index (χ2n) is 6.51. The van der Waals surface area contributed by atoms with Crippen molar-refractivity contribution in [2.24, 2.45) is 0 Å². The summed E-state index contributed by atoms with van der Waals surface area (Å²) >= 11 is 0.813. The van der Waals surface area contributed by atoms with Crippen LogP contribution in [0.25, 0.3) is 16.8 Å². The highest BCUT2D eigenvalue weighted by molar-refractivity contribution is 8.18. The molecule has 0 aromatic heterocycles. The number of nitro benzene ring substituents is 1. The maximum atomic E-state index is 12.6. The molecule has 1 aliphatic heterocycles. The zero-order valence-electron chi connectivity index (χ0n) is 15.7. The molecule has 7 nitrogen and oxygen atoms in total. The second kappa shape index (κ2) is 8.38. The summed E-state index contributed by atoms with van der Waals surface area (Å²) in [5, 5.41) is 12.5. The Morgan fingerprint density at radius 1 is 1.03 bits per heavy atom. The van der Waals surface area contributed by atoms with Gasteiger partial charge in [0.2, 0.25) is 0 Å². The highest BCUT2D eigenvalue weighted by Gasteiger charge is 2.34. The van der Waals surface area contributed by atoms with Gasteiger partial charge in [0.15, 0.2) is 0 Å². The van der Waals surface area contributed by atoms with Crippen molar-refractivity contribution >= 4 is 45.4 Å². The van der Waals surface area contributed by atoms with Crippen LogP contribution < -0.4 is 4.74 Å². The molecule has 3 aromatic rings. The van der Waals surface area contributed by atoms with E-state index in [0.29, 0.717) is 11.3 Å². The molecule has 1 saturated heterocycles. The molecule has 4 rings (SSSR count). The first kappa shape index (κ1) is 19.7. The monoisotopic (exact) mass is 420 g/mol. The molecular weight excluding hydrogens is 404 g/mol. The predicted octanol–water partition coefficient (Wildman–Crippen LogP) is 4.86. The SMILES string of the molecule is O=C1S/C(=C\c2cccc([N+](=O)[O-])c2)C(=O)N1CCOc1cccc2ccccc12. The number of hydrogen-bond acceptors (Lipinski definition) is 6. The molecule has 3 aromatic carbocycles. The Hall–Kier alpha value is -3.65. The van der Waals surface area contributed by atoms with Crippen LogP contribution in [-0.4, -0.2) is 34.1 Å². The van der Waals surface area contributed by atoms with Crippen molar-refractivity contribution in [3.63, 3.8) is 0 Å². The lowest BCUT2D eigenvalue weighted by Gasteiger charge is -2.14. The fraction of sp³-hybridized carbons (Fsp3) is 0.0909. The number of carbonyl (C=O) groups excluding carboxylic acids is 2. The van der Waals surface area contributed by atoms with E-state index in [2.05, 4.69) is 0 Å². The quantitative estimate of drug-likeness (QED) is 0.321. The van der Waals surface area contributed by atoms with E-state index in [4.69, 9.17) is 4.74 Å². The maximum Gasteiger partial charge on any atom is 0.293 e. The minimum absolute atomic E-state index is 0.0773. The number of amides is 2. The average Bonchev–Trinajstić information content (AvgIpc) is 3.01. The molecular formula is C22H16N2O5S. The van der Waals surface area contributed by atoms with Gasteiger partial charge in [0.25, 0.3) is 16.8 Å². The number of nitrogens with zero attached hydrogens (tertiary/aromatic N) is 2. The van der Waals surface area contributed by atoms with Gasteiger partial charge in [0.1, 0.15) is 12.4 Å². The molecule has 8 heteroatoms. The molecule has 1 fully saturated rings. The van der Waals surface area contributed by atoms with Crippen molar-refractivity contribution in [1.29, 1.82) is 0 Å². The normalized spacial score (nSPS) is 15.2. The molecule has 0 aliphatic carbocycles. The Labute approximate surface area is 176 Å². The lowest BCUT2D eigenvalue weighted by atomic mass is 10.1. The summed E-state index contributed by atoms with van der Waals surface area (Å²) in [5.74, 6) is 0.255. The Bertz CT molecular complexity index is 1190. The lowest BCUT2D eigenvalue weighted by Crippen LogP contribution is -2.32. The molecule has 0 N–H and O–H groups in total. The standard InChI is InChI=1S/C22H16N2O5S/c25-21-20(14-15-5-3-8-17(13-15)24(27)28)30-22(26)23(21)11-12-29-19-10-4-7-16-6-1-2-9-18(16)19/h1-10,13-14H,11-12H2/b20-14-. The molecule has 2 amide bonds. The summed E-state index contributed by atoms with van der Waals surface area (Å²) in [6.45, 7) is 0.274. The summed E-state index contributed by atoms with van der Waals surface area (Å²) in [6.07, 6.45) is 1.49. The van der Waals surface area contributed by atoms with Gasteiger partial charge in [-0.2, -0.15) is 0 Å². The number of imide groups is 1. The molecule has 0 unspecified atom stereocenters. The van der Waals surface area contributed by atoms with Gasteiger partial charge < -0.3 is 4.74 Å². The number of nitro groups is 1. The van der Waals surface area contributed by atoms with Crippen LogP contribution in [0.15, 0.2) is 71.6 Å². The fourth-order valence-corrected chi connectivity index (χ4v) is 4.01.